The molecule has 0 amide bonds. The van der Waals surface area contributed by atoms with Gasteiger partial charge in [0.1, 0.15) is 0 Å². The van der Waals surface area contributed by atoms with Crippen LogP contribution in [0.2, 0.25) is 0 Å². The van der Waals surface area contributed by atoms with Gasteiger partial charge in [-0.25, -0.2) is 0 Å². The van der Waals surface area contributed by atoms with E-state index in [4.69, 9.17) is 0 Å². The molecule has 0 aliphatic heterocycles. The Labute approximate surface area is 134 Å². The van der Waals surface area contributed by atoms with Gasteiger partial charge in [0.2, 0.25) is 0 Å². The van der Waals surface area contributed by atoms with E-state index in [0.717, 1.165) is 24.2 Å². The zero-order valence-electron chi connectivity index (χ0n) is 12.9. The summed E-state index contributed by atoms with van der Waals surface area (Å²) in [4.78, 5) is 1.44. The van der Waals surface area contributed by atoms with E-state index in [1.165, 1.54) is 10.4 Å². The fourth-order valence-corrected chi connectivity index (χ4v) is 2.17. The Morgan fingerprint density at radius 2 is 1.74 bits per heavy atom. The molecule has 1 heterocycles. The van der Waals surface area contributed by atoms with Crippen molar-refractivity contribution in [2.45, 2.75) is 19.8 Å². The number of nitrogens with one attached hydrogen (secondary N) is 1. The fourth-order valence-electron chi connectivity index (χ4n) is 2.17. The quantitative estimate of drug-likeness (QED) is 0.710. The molecule has 3 aromatic rings. The molecule has 2 aromatic carbocycles. The Morgan fingerprint density at radius 1 is 1.04 bits per heavy atom. The van der Waals surface area contributed by atoms with Gasteiger partial charge >= 0.3 is 0 Å². The summed E-state index contributed by atoms with van der Waals surface area (Å²) in [6, 6.07) is 20.0. The van der Waals surface area contributed by atoms with E-state index < -0.39 is 0 Å². The van der Waals surface area contributed by atoms with Crippen LogP contribution in [-0.2, 0) is 6.42 Å². The molecule has 0 aliphatic carbocycles. The van der Waals surface area contributed by atoms with E-state index in [1.807, 2.05) is 48.5 Å². The van der Waals surface area contributed by atoms with Crippen molar-refractivity contribution in [1.82, 2.24) is 20.3 Å². The van der Waals surface area contributed by atoms with Gasteiger partial charge < -0.3 is 5.32 Å². The number of nitrogens with zero attached hydrogens (tertiary/aromatic N) is 5. The Hall–Kier alpha value is -3.02. The minimum Gasteiger partial charge on any atom is -0.321 e. The zero-order chi connectivity index (χ0) is 15.9. The van der Waals surface area contributed by atoms with Crippen molar-refractivity contribution >= 4 is 17.3 Å². The number of benzene rings is 2. The largest absolute Gasteiger partial charge is 0.321 e. The molecular formula is C17H18N6. The molecule has 6 heteroatoms. The first-order valence-electron chi connectivity index (χ1n) is 7.56. The second-order valence-corrected chi connectivity index (χ2v) is 5.07. The van der Waals surface area contributed by atoms with Gasteiger partial charge in [-0.1, -0.05) is 65.3 Å². The summed E-state index contributed by atoms with van der Waals surface area (Å²) in [6.45, 7) is 2.08. The standard InChI is InChI=1S/C17H18N6/c1-2-15(13-14-9-5-3-6-10-14)20-23-17(19-21-22-23)18-16-11-7-4-8-12-16/h3-12H,2,13H2,1H3,(H,18,19,22). The van der Waals surface area contributed by atoms with Gasteiger partial charge in [0, 0.05) is 17.8 Å². The summed E-state index contributed by atoms with van der Waals surface area (Å²) in [5, 5.41) is 19.4. The lowest BCUT2D eigenvalue weighted by molar-refractivity contribution is 0.690. The van der Waals surface area contributed by atoms with Crippen LogP contribution in [-0.4, -0.2) is 26.0 Å². The number of aromatic nitrogens is 4. The van der Waals surface area contributed by atoms with Crippen LogP contribution >= 0.6 is 0 Å². The first-order chi connectivity index (χ1) is 11.3. The fraction of sp³-hybridized carbons (Fsp3) is 0.176. The molecule has 1 N–H and O–H groups in total. The second-order valence-electron chi connectivity index (χ2n) is 5.07. The first kappa shape index (κ1) is 14.9. The van der Waals surface area contributed by atoms with Crippen LogP contribution in [0.1, 0.15) is 18.9 Å². The van der Waals surface area contributed by atoms with Crippen molar-refractivity contribution in [2.75, 3.05) is 5.32 Å². The molecule has 0 saturated carbocycles. The van der Waals surface area contributed by atoms with Gasteiger partial charge in [0.25, 0.3) is 5.95 Å². The van der Waals surface area contributed by atoms with Gasteiger partial charge in [-0.05, 0) is 34.5 Å². The second kappa shape index (κ2) is 7.31. The van der Waals surface area contributed by atoms with Crippen molar-refractivity contribution in [3.8, 4) is 0 Å². The van der Waals surface area contributed by atoms with E-state index >= 15 is 0 Å². The highest BCUT2D eigenvalue weighted by molar-refractivity contribution is 5.86. The molecule has 0 saturated heterocycles. The van der Waals surface area contributed by atoms with Crippen LogP contribution in [0.25, 0.3) is 0 Å². The highest BCUT2D eigenvalue weighted by Gasteiger charge is 2.07. The van der Waals surface area contributed by atoms with E-state index in [9.17, 15) is 0 Å². The van der Waals surface area contributed by atoms with Crippen LogP contribution in [0.5, 0.6) is 0 Å². The predicted molar refractivity (Wildman–Crippen MR) is 90.8 cm³/mol. The number of hydrogen-bond donors (Lipinski definition) is 1. The van der Waals surface area contributed by atoms with Crippen LogP contribution in [0.4, 0.5) is 11.6 Å². The monoisotopic (exact) mass is 306 g/mol. The zero-order valence-corrected chi connectivity index (χ0v) is 12.9. The molecule has 1 aromatic heterocycles. The van der Waals surface area contributed by atoms with Crippen molar-refractivity contribution in [3.05, 3.63) is 66.2 Å². The maximum atomic E-state index is 4.56. The van der Waals surface area contributed by atoms with Gasteiger partial charge in [-0.2, -0.15) is 5.10 Å². The van der Waals surface area contributed by atoms with Crippen molar-refractivity contribution in [2.24, 2.45) is 5.10 Å². The minimum absolute atomic E-state index is 0.496. The first-order valence-corrected chi connectivity index (χ1v) is 7.56. The third-order valence-electron chi connectivity index (χ3n) is 3.38. The number of hydrogen-bond acceptors (Lipinski definition) is 5. The van der Waals surface area contributed by atoms with E-state index in [2.05, 4.69) is 45.0 Å². The number of anilines is 2. The smallest absolute Gasteiger partial charge is 0.269 e. The van der Waals surface area contributed by atoms with Crippen LogP contribution in [0.3, 0.4) is 0 Å². The van der Waals surface area contributed by atoms with Crippen LogP contribution < -0.4 is 5.32 Å². The highest BCUT2D eigenvalue weighted by Crippen LogP contribution is 2.13. The highest BCUT2D eigenvalue weighted by atomic mass is 15.7. The molecule has 0 fully saturated rings. The molecule has 0 radical (unpaired) electrons. The molecule has 3 rings (SSSR count). The van der Waals surface area contributed by atoms with Gasteiger partial charge in [0.15, 0.2) is 0 Å². The molecular weight excluding hydrogens is 288 g/mol. The average molecular weight is 306 g/mol. The van der Waals surface area contributed by atoms with E-state index in [-0.39, 0.29) is 0 Å². The minimum atomic E-state index is 0.496. The Kier molecular flexibility index (Phi) is 4.73. The Bertz CT molecular complexity index is 764. The Balaban J connectivity index is 1.79. The van der Waals surface area contributed by atoms with Gasteiger partial charge in [-0.3, -0.25) is 0 Å². The molecule has 0 atom stereocenters. The van der Waals surface area contributed by atoms with Crippen LogP contribution in [0.15, 0.2) is 65.8 Å². The summed E-state index contributed by atoms with van der Waals surface area (Å²) in [5.74, 6) is 0.496. The maximum absolute atomic E-state index is 4.56. The molecule has 6 nitrogen and oxygen atoms in total. The summed E-state index contributed by atoms with van der Waals surface area (Å²) < 4.78 is 0. The summed E-state index contributed by atoms with van der Waals surface area (Å²) in [5.41, 5.74) is 3.15. The average Bonchev–Trinajstić information content (AvgIpc) is 3.03. The predicted octanol–water partition coefficient (Wildman–Crippen LogP) is 3.27. The van der Waals surface area contributed by atoms with Crippen molar-refractivity contribution < 1.29 is 0 Å². The third kappa shape index (κ3) is 4.00. The number of tetrazole rings is 1. The van der Waals surface area contributed by atoms with Gasteiger partial charge in [0.05, 0.1) is 0 Å². The van der Waals surface area contributed by atoms with E-state index in [0.29, 0.717) is 5.95 Å². The summed E-state index contributed by atoms with van der Waals surface area (Å²) in [7, 11) is 0. The number of rotatable bonds is 6. The molecule has 0 bridgehead atoms. The van der Waals surface area contributed by atoms with Gasteiger partial charge in [-0.15, -0.1) is 0 Å². The summed E-state index contributed by atoms with van der Waals surface area (Å²) in [6.07, 6.45) is 1.61. The molecule has 0 spiro atoms. The normalized spacial score (nSPS) is 11.4. The lowest BCUT2D eigenvalue weighted by atomic mass is 10.1. The number of para-hydroxylation sites is 1. The molecule has 0 unspecified atom stereocenters. The SMILES string of the molecule is CCC(Cc1ccccc1)=Nn1nnnc1Nc1ccccc1. The van der Waals surface area contributed by atoms with Crippen molar-refractivity contribution in [1.29, 1.82) is 0 Å². The van der Waals surface area contributed by atoms with E-state index in [1.54, 1.807) is 0 Å². The topological polar surface area (TPSA) is 68.0 Å². The Morgan fingerprint density at radius 3 is 2.43 bits per heavy atom. The van der Waals surface area contributed by atoms with Crippen molar-refractivity contribution in [3.63, 3.8) is 0 Å². The summed E-state index contributed by atoms with van der Waals surface area (Å²) >= 11 is 0. The molecule has 0 aliphatic rings. The maximum Gasteiger partial charge on any atom is 0.269 e. The lowest BCUT2D eigenvalue weighted by Crippen LogP contribution is -2.08. The third-order valence-corrected chi connectivity index (χ3v) is 3.38. The lowest BCUT2D eigenvalue weighted by Gasteiger charge is -2.06. The van der Waals surface area contributed by atoms with Crippen LogP contribution in [0, 0.1) is 0 Å². The molecule has 23 heavy (non-hydrogen) atoms. The molecule has 116 valence electrons.